The highest BCUT2D eigenvalue weighted by atomic mass is 35.5. The minimum atomic E-state index is -1.10. The van der Waals surface area contributed by atoms with Gasteiger partial charge >= 0.3 is 5.97 Å². The lowest BCUT2D eigenvalue weighted by molar-refractivity contribution is -0.140. The second-order valence-electron chi connectivity index (χ2n) is 5.99. The monoisotopic (exact) mass is 403 g/mol. The maximum atomic E-state index is 13.3. The summed E-state index contributed by atoms with van der Waals surface area (Å²) in [5.41, 5.74) is 1.59. The molecule has 1 aromatic heterocycles. The molecule has 138 valence electrons. The van der Waals surface area contributed by atoms with Crippen LogP contribution in [0.15, 0.2) is 53.9 Å². The van der Waals surface area contributed by atoms with Crippen LogP contribution in [0.5, 0.6) is 0 Å². The van der Waals surface area contributed by atoms with Crippen LogP contribution in [-0.4, -0.2) is 21.8 Å². The highest BCUT2D eigenvalue weighted by molar-refractivity contribution is 7.13. The Labute approximate surface area is 164 Å². The Hall–Kier alpha value is -2.57. The predicted molar refractivity (Wildman–Crippen MR) is 103 cm³/mol. The Morgan fingerprint density at radius 1 is 1.19 bits per heavy atom. The molecule has 0 saturated heterocycles. The molecule has 0 fully saturated rings. The van der Waals surface area contributed by atoms with Gasteiger partial charge in [-0.25, -0.2) is 9.37 Å². The molecule has 0 aliphatic rings. The number of carboxylic acids is 1. The summed E-state index contributed by atoms with van der Waals surface area (Å²) in [5.74, 6) is -2.72. The number of thiazole rings is 1. The minimum absolute atomic E-state index is 0.0139. The molecule has 0 saturated carbocycles. The summed E-state index contributed by atoms with van der Waals surface area (Å²) in [6.45, 7) is 0. The van der Waals surface area contributed by atoms with Crippen LogP contribution in [0.1, 0.15) is 23.6 Å². The number of carbonyl (C=O) groups is 2. The number of Topliss-reactive ketones (excluding diaryl/α,β-unsaturated/α-hetero) is 1. The zero-order chi connectivity index (χ0) is 19.4. The van der Waals surface area contributed by atoms with E-state index in [1.165, 1.54) is 23.5 Å². The topological polar surface area (TPSA) is 67.3 Å². The molecule has 0 aliphatic heterocycles. The number of halogens is 2. The molecule has 2 aromatic carbocycles. The summed E-state index contributed by atoms with van der Waals surface area (Å²) in [4.78, 5) is 28.4. The van der Waals surface area contributed by atoms with Crippen molar-refractivity contribution in [2.24, 2.45) is 0 Å². The van der Waals surface area contributed by atoms with Gasteiger partial charge < -0.3 is 5.11 Å². The quantitative estimate of drug-likeness (QED) is 0.604. The smallest absolute Gasteiger partial charge is 0.311 e. The molecule has 3 aromatic rings. The van der Waals surface area contributed by atoms with E-state index in [0.717, 1.165) is 0 Å². The van der Waals surface area contributed by atoms with Gasteiger partial charge in [0.15, 0.2) is 0 Å². The number of hydrogen-bond acceptors (Lipinski definition) is 4. The number of ketones is 1. The molecule has 4 nitrogen and oxygen atoms in total. The maximum absolute atomic E-state index is 13.3. The van der Waals surface area contributed by atoms with Crippen LogP contribution < -0.4 is 0 Å². The van der Waals surface area contributed by atoms with E-state index in [9.17, 15) is 19.1 Å². The lowest BCUT2D eigenvalue weighted by Gasteiger charge is -2.13. The van der Waals surface area contributed by atoms with Gasteiger partial charge in [0, 0.05) is 28.8 Å². The number of carbonyl (C=O) groups excluding carboxylic acids is 1. The van der Waals surface area contributed by atoms with Crippen molar-refractivity contribution in [3.63, 3.8) is 0 Å². The molecular formula is C20H15ClFNO3S. The van der Waals surface area contributed by atoms with Crippen LogP contribution in [0.25, 0.3) is 10.6 Å². The fourth-order valence-corrected chi connectivity index (χ4v) is 3.82. The van der Waals surface area contributed by atoms with E-state index in [1.807, 2.05) is 0 Å². The van der Waals surface area contributed by atoms with E-state index in [2.05, 4.69) is 4.98 Å². The van der Waals surface area contributed by atoms with Gasteiger partial charge in [-0.1, -0.05) is 41.9 Å². The first kappa shape index (κ1) is 19.2. The van der Waals surface area contributed by atoms with Gasteiger partial charge in [-0.2, -0.15) is 0 Å². The van der Waals surface area contributed by atoms with E-state index in [1.54, 1.807) is 41.8 Å². The van der Waals surface area contributed by atoms with Crippen LogP contribution in [0.4, 0.5) is 4.39 Å². The number of aromatic nitrogens is 1. The van der Waals surface area contributed by atoms with Gasteiger partial charge in [0.2, 0.25) is 0 Å². The first-order valence-corrected chi connectivity index (χ1v) is 9.39. The second-order valence-corrected chi connectivity index (χ2v) is 7.25. The fraction of sp³-hybridized carbons (Fsp3) is 0.150. The largest absolute Gasteiger partial charge is 0.481 e. The Morgan fingerprint density at radius 2 is 1.96 bits per heavy atom. The maximum Gasteiger partial charge on any atom is 0.311 e. The van der Waals surface area contributed by atoms with E-state index in [-0.39, 0.29) is 24.4 Å². The van der Waals surface area contributed by atoms with Gasteiger partial charge in [0.1, 0.15) is 16.6 Å². The SMILES string of the molecule is O=C(Cc1csc(-c2cccc(F)c2)n1)CC(C(=O)O)c1ccccc1Cl. The van der Waals surface area contributed by atoms with E-state index >= 15 is 0 Å². The van der Waals surface area contributed by atoms with Crippen LogP contribution >= 0.6 is 22.9 Å². The van der Waals surface area contributed by atoms with E-state index < -0.39 is 11.9 Å². The summed E-state index contributed by atoms with van der Waals surface area (Å²) in [6.07, 6.45) is -0.161. The molecule has 0 spiro atoms. The van der Waals surface area contributed by atoms with Crippen LogP contribution in [0, 0.1) is 5.82 Å². The molecule has 1 atom stereocenters. The molecule has 0 radical (unpaired) electrons. The highest BCUT2D eigenvalue weighted by Gasteiger charge is 2.25. The molecule has 0 bridgehead atoms. The van der Waals surface area contributed by atoms with Gasteiger partial charge in [0.25, 0.3) is 0 Å². The first-order valence-electron chi connectivity index (χ1n) is 8.13. The lowest BCUT2D eigenvalue weighted by Crippen LogP contribution is -2.17. The van der Waals surface area contributed by atoms with E-state index in [0.29, 0.717) is 26.9 Å². The molecule has 7 heteroatoms. The summed E-state index contributed by atoms with van der Waals surface area (Å²) >= 11 is 7.38. The number of benzene rings is 2. The zero-order valence-corrected chi connectivity index (χ0v) is 15.6. The summed E-state index contributed by atoms with van der Waals surface area (Å²) < 4.78 is 13.3. The highest BCUT2D eigenvalue weighted by Crippen LogP contribution is 2.29. The standard InChI is InChI=1S/C20H15ClFNO3S/c21-18-7-2-1-6-16(18)17(20(25)26)10-15(24)9-14-11-27-19(23-14)12-4-3-5-13(22)8-12/h1-8,11,17H,9-10H2,(H,25,26). The number of rotatable bonds is 7. The number of nitrogens with zero attached hydrogens (tertiary/aromatic N) is 1. The third-order valence-electron chi connectivity index (χ3n) is 4.01. The van der Waals surface area contributed by atoms with E-state index in [4.69, 9.17) is 11.6 Å². The molecule has 0 aliphatic carbocycles. The Morgan fingerprint density at radius 3 is 2.67 bits per heavy atom. The number of carboxylic acid groups (broad SMARTS) is 1. The van der Waals surface area contributed by atoms with Crippen molar-refractivity contribution >= 4 is 34.7 Å². The van der Waals surface area contributed by atoms with Crippen molar-refractivity contribution in [1.82, 2.24) is 4.98 Å². The summed E-state index contributed by atoms with van der Waals surface area (Å²) in [7, 11) is 0. The molecule has 3 rings (SSSR count). The molecule has 0 amide bonds. The van der Waals surface area contributed by atoms with Gasteiger partial charge in [0.05, 0.1) is 11.6 Å². The average molecular weight is 404 g/mol. The molecular weight excluding hydrogens is 389 g/mol. The Balaban J connectivity index is 1.72. The average Bonchev–Trinajstić information content (AvgIpc) is 3.09. The zero-order valence-electron chi connectivity index (χ0n) is 14.1. The lowest BCUT2D eigenvalue weighted by atomic mass is 9.92. The van der Waals surface area contributed by atoms with Gasteiger partial charge in [-0.3, -0.25) is 9.59 Å². The van der Waals surface area contributed by atoms with Crippen LogP contribution in [0.3, 0.4) is 0 Å². The molecule has 1 heterocycles. The predicted octanol–water partition coefficient (Wildman–Crippen LogP) is 4.97. The Kier molecular flexibility index (Phi) is 5.98. The molecule has 1 unspecified atom stereocenters. The number of aliphatic carboxylic acids is 1. The van der Waals surface area contributed by atoms with Crippen LogP contribution in [0.2, 0.25) is 5.02 Å². The molecule has 27 heavy (non-hydrogen) atoms. The molecule has 1 N–H and O–H groups in total. The normalized spacial score (nSPS) is 11.9. The number of hydrogen-bond donors (Lipinski definition) is 1. The third-order valence-corrected chi connectivity index (χ3v) is 5.30. The summed E-state index contributed by atoms with van der Waals surface area (Å²) in [5, 5.41) is 12.1. The van der Waals surface area contributed by atoms with Crippen molar-refractivity contribution in [2.75, 3.05) is 0 Å². The van der Waals surface area contributed by atoms with Crippen molar-refractivity contribution in [3.8, 4) is 10.6 Å². The van der Waals surface area contributed by atoms with Crippen molar-refractivity contribution in [3.05, 3.63) is 76.0 Å². The van der Waals surface area contributed by atoms with Crippen molar-refractivity contribution in [2.45, 2.75) is 18.8 Å². The van der Waals surface area contributed by atoms with Crippen LogP contribution in [-0.2, 0) is 16.0 Å². The van der Waals surface area contributed by atoms with Gasteiger partial charge in [-0.15, -0.1) is 11.3 Å². The second kappa shape index (κ2) is 8.41. The van der Waals surface area contributed by atoms with Gasteiger partial charge in [-0.05, 0) is 23.8 Å². The summed E-state index contributed by atoms with van der Waals surface area (Å²) in [6, 6.07) is 12.7. The third kappa shape index (κ3) is 4.78. The Bertz CT molecular complexity index is 989. The van der Waals surface area contributed by atoms with Crippen molar-refractivity contribution in [1.29, 1.82) is 0 Å². The minimum Gasteiger partial charge on any atom is -0.481 e. The van der Waals surface area contributed by atoms with Crippen molar-refractivity contribution < 1.29 is 19.1 Å². The fourth-order valence-electron chi connectivity index (χ4n) is 2.73. The first-order chi connectivity index (χ1) is 12.9.